The summed E-state index contributed by atoms with van der Waals surface area (Å²) in [6.07, 6.45) is 1.29. The lowest BCUT2D eigenvalue weighted by Gasteiger charge is -2.26. The highest BCUT2D eigenvalue weighted by Crippen LogP contribution is 2.30. The van der Waals surface area contributed by atoms with Gasteiger partial charge in [0, 0.05) is 10.6 Å². The molecule has 0 bridgehead atoms. The Hall–Kier alpha value is -3.35. The maximum Gasteiger partial charge on any atom is 0.335 e. The molecule has 0 atom stereocenters. The van der Waals surface area contributed by atoms with Crippen molar-refractivity contribution in [3.63, 3.8) is 0 Å². The van der Waals surface area contributed by atoms with Crippen LogP contribution in [0.4, 0.5) is 10.5 Å². The summed E-state index contributed by atoms with van der Waals surface area (Å²) in [6, 6.07) is 15.7. The average Bonchev–Trinajstić information content (AvgIpc) is 3.15. The van der Waals surface area contributed by atoms with Crippen LogP contribution in [-0.4, -0.2) is 17.8 Å². The second-order valence-electron chi connectivity index (χ2n) is 6.12. The molecule has 1 aliphatic rings. The molecular formula is C21H12Cl2N2O4. The molecule has 0 radical (unpaired) electrons. The molecule has 3 aromatic rings. The van der Waals surface area contributed by atoms with E-state index in [2.05, 4.69) is 5.32 Å². The fourth-order valence-corrected chi connectivity index (χ4v) is 3.22. The van der Waals surface area contributed by atoms with Crippen LogP contribution in [0.15, 0.2) is 70.7 Å². The Morgan fingerprint density at radius 2 is 1.62 bits per heavy atom. The summed E-state index contributed by atoms with van der Waals surface area (Å²) >= 11 is 12.0. The van der Waals surface area contributed by atoms with Crippen LogP contribution >= 0.6 is 23.2 Å². The van der Waals surface area contributed by atoms with Crippen molar-refractivity contribution in [3.8, 4) is 11.3 Å². The van der Waals surface area contributed by atoms with E-state index in [1.165, 1.54) is 18.2 Å². The highest BCUT2D eigenvalue weighted by Gasteiger charge is 2.37. The molecule has 2 aromatic carbocycles. The standard InChI is InChI=1S/C21H12Cl2N2O4/c22-12-5-7-13(8-6-12)25-20(27)16(19(26)24-21(25)28)11-14-9-10-18(29-14)15-3-1-2-4-17(15)23/h1-11H,(H,24,26,28). The number of nitrogens with one attached hydrogen (secondary N) is 1. The minimum absolute atomic E-state index is 0.236. The van der Waals surface area contributed by atoms with Gasteiger partial charge in [0.05, 0.1) is 10.7 Å². The number of barbiturate groups is 1. The van der Waals surface area contributed by atoms with Crippen molar-refractivity contribution in [2.24, 2.45) is 0 Å². The van der Waals surface area contributed by atoms with E-state index in [9.17, 15) is 14.4 Å². The Kier molecular flexibility index (Phi) is 4.96. The first-order valence-corrected chi connectivity index (χ1v) is 9.21. The van der Waals surface area contributed by atoms with Crippen LogP contribution < -0.4 is 10.2 Å². The van der Waals surface area contributed by atoms with Gasteiger partial charge in [0.2, 0.25) is 0 Å². The Morgan fingerprint density at radius 3 is 2.34 bits per heavy atom. The molecule has 6 nitrogen and oxygen atoms in total. The predicted molar refractivity (Wildman–Crippen MR) is 110 cm³/mol. The fraction of sp³-hybridized carbons (Fsp3) is 0. The highest BCUT2D eigenvalue weighted by molar-refractivity contribution is 6.39. The first kappa shape index (κ1) is 19.0. The van der Waals surface area contributed by atoms with Gasteiger partial charge in [-0.15, -0.1) is 0 Å². The molecular weight excluding hydrogens is 415 g/mol. The third kappa shape index (κ3) is 3.68. The second kappa shape index (κ2) is 7.58. The van der Waals surface area contributed by atoms with Gasteiger partial charge in [-0.05, 0) is 54.6 Å². The second-order valence-corrected chi connectivity index (χ2v) is 6.96. The summed E-state index contributed by atoms with van der Waals surface area (Å²) in [4.78, 5) is 38.2. The number of benzene rings is 2. The number of nitrogens with zero attached hydrogens (tertiary/aromatic N) is 1. The minimum Gasteiger partial charge on any atom is -0.457 e. The van der Waals surface area contributed by atoms with E-state index in [-0.39, 0.29) is 17.0 Å². The number of carbonyl (C=O) groups excluding carboxylic acids is 3. The van der Waals surface area contributed by atoms with Crippen molar-refractivity contribution >= 4 is 52.8 Å². The zero-order chi connectivity index (χ0) is 20.5. The third-order valence-corrected chi connectivity index (χ3v) is 4.82. The molecule has 0 unspecified atom stereocenters. The van der Waals surface area contributed by atoms with Crippen LogP contribution in [0.25, 0.3) is 17.4 Å². The zero-order valence-corrected chi connectivity index (χ0v) is 16.2. The largest absolute Gasteiger partial charge is 0.457 e. The summed E-state index contributed by atoms with van der Waals surface area (Å²) < 4.78 is 5.72. The molecule has 4 amide bonds. The lowest BCUT2D eigenvalue weighted by molar-refractivity contribution is -0.122. The Balaban J connectivity index is 1.68. The molecule has 1 saturated heterocycles. The van der Waals surface area contributed by atoms with Crippen LogP contribution in [0.2, 0.25) is 10.0 Å². The number of hydrogen-bond acceptors (Lipinski definition) is 4. The molecule has 1 aromatic heterocycles. The van der Waals surface area contributed by atoms with Crippen molar-refractivity contribution in [2.45, 2.75) is 0 Å². The number of halogens is 2. The summed E-state index contributed by atoms with van der Waals surface area (Å²) in [7, 11) is 0. The number of urea groups is 1. The molecule has 1 N–H and O–H groups in total. The predicted octanol–water partition coefficient (Wildman–Crippen LogP) is 4.92. The molecule has 144 valence electrons. The summed E-state index contributed by atoms with van der Waals surface area (Å²) in [5.74, 6) is -0.821. The Labute approximate surface area is 175 Å². The molecule has 2 heterocycles. The number of furan rings is 1. The van der Waals surface area contributed by atoms with Gasteiger partial charge in [0.25, 0.3) is 11.8 Å². The zero-order valence-electron chi connectivity index (χ0n) is 14.7. The van der Waals surface area contributed by atoms with Crippen molar-refractivity contribution in [3.05, 3.63) is 82.0 Å². The number of hydrogen-bond donors (Lipinski definition) is 1. The summed E-state index contributed by atoms with van der Waals surface area (Å²) in [5.41, 5.74) is 0.724. The Morgan fingerprint density at radius 1 is 0.897 bits per heavy atom. The van der Waals surface area contributed by atoms with Crippen LogP contribution in [0.5, 0.6) is 0 Å². The van der Waals surface area contributed by atoms with Crippen molar-refractivity contribution < 1.29 is 18.8 Å². The molecule has 4 rings (SSSR count). The van der Waals surface area contributed by atoms with Crippen LogP contribution in [0.3, 0.4) is 0 Å². The topological polar surface area (TPSA) is 79.6 Å². The minimum atomic E-state index is -0.837. The molecule has 0 spiro atoms. The van der Waals surface area contributed by atoms with Gasteiger partial charge < -0.3 is 4.42 Å². The SMILES string of the molecule is O=C1NC(=O)N(c2ccc(Cl)cc2)C(=O)C1=Cc1ccc(-c2ccccc2Cl)o1. The quantitative estimate of drug-likeness (QED) is 0.476. The third-order valence-electron chi connectivity index (χ3n) is 4.24. The first-order valence-electron chi connectivity index (χ1n) is 8.46. The van der Waals surface area contributed by atoms with Gasteiger partial charge in [0.1, 0.15) is 17.1 Å². The average molecular weight is 427 g/mol. The molecule has 1 fully saturated rings. The fourth-order valence-electron chi connectivity index (χ4n) is 2.86. The van der Waals surface area contributed by atoms with Gasteiger partial charge >= 0.3 is 6.03 Å². The van der Waals surface area contributed by atoms with E-state index in [4.69, 9.17) is 27.6 Å². The van der Waals surface area contributed by atoms with E-state index >= 15 is 0 Å². The number of carbonyl (C=O) groups is 3. The number of anilines is 1. The van der Waals surface area contributed by atoms with E-state index in [0.29, 0.717) is 21.4 Å². The van der Waals surface area contributed by atoms with Crippen LogP contribution in [-0.2, 0) is 9.59 Å². The summed E-state index contributed by atoms with van der Waals surface area (Å²) in [5, 5.41) is 3.11. The number of rotatable bonds is 3. The molecule has 29 heavy (non-hydrogen) atoms. The number of amides is 4. The van der Waals surface area contributed by atoms with Crippen molar-refractivity contribution in [1.82, 2.24) is 5.32 Å². The van der Waals surface area contributed by atoms with Crippen LogP contribution in [0.1, 0.15) is 5.76 Å². The lowest BCUT2D eigenvalue weighted by Crippen LogP contribution is -2.54. The van der Waals surface area contributed by atoms with E-state index in [1.807, 2.05) is 6.07 Å². The number of imide groups is 2. The van der Waals surface area contributed by atoms with Gasteiger partial charge in [-0.1, -0.05) is 35.3 Å². The maximum absolute atomic E-state index is 12.8. The van der Waals surface area contributed by atoms with Gasteiger partial charge in [-0.3, -0.25) is 14.9 Å². The molecule has 0 aliphatic carbocycles. The monoisotopic (exact) mass is 426 g/mol. The van der Waals surface area contributed by atoms with Crippen molar-refractivity contribution in [1.29, 1.82) is 0 Å². The Bertz CT molecular complexity index is 1170. The van der Waals surface area contributed by atoms with E-state index in [0.717, 1.165) is 4.90 Å². The molecule has 1 aliphatic heterocycles. The van der Waals surface area contributed by atoms with E-state index in [1.54, 1.807) is 42.5 Å². The van der Waals surface area contributed by atoms with Crippen molar-refractivity contribution in [2.75, 3.05) is 4.90 Å². The smallest absolute Gasteiger partial charge is 0.335 e. The molecule has 8 heteroatoms. The van der Waals surface area contributed by atoms with Gasteiger partial charge in [-0.2, -0.15) is 0 Å². The van der Waals surface area contributed by atoms with Gasteiger partial charge in [0.15, 0.2) is 0 Å². The summed E-state index contributed by atoms with van der Waals surface area (Å²) in [6.45, 7) is 0. The maximum atomic E-state index is 12.8. The van der Waals surface area contributed by atoms with E-state index < -0.39 is 17.8 Å². The molecule has 0 saturated carbocycles. The first-order chi connectivity index (χ1) is 13.9. The normalized spacial score (nSPS) is 15.7. The highest BCUT2D eigenvalue weighted by atomic mass is 35.5. The van der Waals surface area contributed by atoms with Gasteiger partial charge in [-0.25, -0.2) is 9.69 Å². The van der Waals surface area contributed by atoms with Crippen LogP contribution in [0, 0.1) is 0 Å². The lowest BCUT2D eigenvalue weighted by atomic mass is 10.1.